The molecule has 2 aliphatic rings. The molecule has 0 spiro atoms. The Balaban J connectivity index is 1.27. The van der Waals surface area contributed by atoms with Gasteiger partial charge in [-0.2, -0.15) is 0 Å². The molecule has 0 saturated heterocycles. The van der Waals surface area contributed by atoms with Crippen LogP contribution in [0.5, 0.6) is 23.0 Å². The van der Waals surface area contributed by atoms with Gasteiger partial charge in [0.25, 0.3) is 5.91 Å². The number of amides is 1. The van der Waals surface area contributed by atoms with Gasteiger partial charge in [0.2, 0.25) is 0 Å². The number of carbonyl (C=O) groups excluding carboxylic acids is 1. The zero-order valence-electron chi connectivity index (χ0n) is 19.2. The maximum absolute atomic E-state index is 12.7. The maximum Gasteiger partial charge on any atom is 0.251 e. The molecule has 1 N–H and O–H groups in total. The molecule has 2 aliphatic heterocycles. The van der Waals surface area contributed by atoms with Crippen LogP contribution in [-0.2, 0) is 6.54 Å². The van der Waals surface area contributed by atoms with Crippen molar-refractivity contribution in [3.8, 4) is 23.0 Å². The molecule has 2 heterocycles. The van der Waals surface area contributed by atoms with Crippen LogP contribution in [0.2, 0.25) is 0 Å². The first-order valence-corrected chi connectivity index (χ1v) is 11.5. The summed E-state index contributed by atoms with van der Waals surface area (Å²) in [7, 11) is 1.68. The maximum atomic E-state index is 12.7. The molecule has 0 radical (unpaired) electrons. The fourth-order valence-corrected chi connectivity index (χ4v) is 4.36. The highest BCUT2D eigenvalue weighted by molar-refractivity contribution is 5.94. The molecule has 3 aromatic carbocycles. The van der Waals surface area contributed by atoms with Gasteiger partial charge >= 0.3 is 0 Å². The molecule has 0 aliphatic carbocycles. The van der Waals surface area contributed by atoms with E-state index in [4.69, 9.17) is 18.9 Å². The molecule has 34 heavy (non-hydrogen) atoms. The summed E-state index contributed by atoms with van der Waals surface area (Å²) in [6.07, 6.45) is -0.187. The number of carbonyl (C=O) groups is 1. The molecule has 0 bridgehead atoms. The highest BCUT2D eigenvalue weighted by atomic mass is 16.6. The smallest absolute Gasteiger partial charge is 0.251 e. The van der Waals surface area contributed by atoms with Crippen molar-refractivity contribution in [1.29, 1.82) is 0 Å². The van der Waals surface area contributed by atoms with Crippen molar-refractivity contribution in [1.82, 2.24) is 10.2 Å². The summed E-state index contributed by atoms with van der Waals surface area (Å²) in [5.74, 6) is 2.83. The Labute approximate surface area is 199 Å². The van der Waals surface area contributed by atoms with Gasteiger partial charge in [-0.15, -0.1) is 0 Å². The first kappa shape index (κ1) is 22.1. The summed E-state index contributed by atoms with van der Waals surface area (Å²) in [6.45, 7) is 3.62. The van der Waals surface area contributed by atoms with Crippen molar-refractivity contribution >= 4 is 5.91 Å². The van der Waals surface area contributed by atoms with Crippen molar-refractivity contribution in [2.45, 2.75) is 12.6 Å². The van der Waals surface area contributed by atoms with E-state index in [1.54, 1.807) is 25.3 Å². The summed E-state index contributed by atoms with van der Waals surface area (Å²) >= 11 is 0. The van der Waals surface area contributed by atoms with Crippen LogP contribution < -0.4 is 24.3 Å². The zero-order valence-corrected chi connectivity index (χ0v) is 19.2. The monoisotopic (exact) mass is 460 g/mol. The molecule has 3 aromatic rings. The van der Waals surface area contributed by atoms with E-state index in [9.17, 15) is 4.79 Å². The minimum atomic E-state index is -0.187. The normalized spacial score (nSPS) is 17.1. The van der Waals surface area contributed by atoms with E-state index in [-0.39, 0.29) is 12.0 Å². The number of fused-ring (bicyclic) bond motifs is 2. The lowest BCUT2D eigenvalue weighted by atomic mass is 10.1. The second kappa shape index (κ2) is 10.1. The van der Waals surface area contributed by atoms with Crippen LogP contribution in [0, 0.1) is 0 Å². The second-order valence-electron chi connectivity index (χ2n) is 8.31. The molecule has 0 saturated carbocycles. The molecule has 0 aromatic heterocycles. The van der Waals surface area contributed by atoms with Gasteiger partial charge in [-0.25, -0.2) is 0 Å². The number of para-hydroxylation sites is 2. The minimum absolute atomic E-state index is 0.135. The molecule has 1 unspecified atom stereocenters. The predicted octanol–water partition coefficient (Wildman–Crippen LogP) is 3.83. The van der Waals surface area contributed by atoms with Crippen LogP contribution in [0.1, 0.15) is 27.6 Å². The van der Waals surface area contributed by atoms with E-state index >= 15 is 0 Å². The molecular weight excluding hydrogens is 432 g/mol. The van der Waals surface area contributed by atoms with Gasteiger partial charge < -0.3 is 24.3 Å². The lowest BCUT2D eigenvalue weighted by Crippen LogP contribution is -2.36. The molecule has 1 amide bonds. The highest BCUT2D eigenvalue weighted by Gasteiger charge is 2.26. The predicted molar refractivity (Wildman–Crippen MR) is 128 cm³/mol. The van der Waals surface area contributed by atoms with Crippen molar-refractivity contribution in [2.75, 3.05) is 40.0 Å². The average molecular weight is 461 g/mol. The Bertz CT molecular complexity index is 1170. The first-order valence-electron chi connectivity index (χ1n) is 11.5. The van der Waals surface area contributed by atoms with Crippen LogP contribution in [0.3, 0.4) is 0 Å². The van der Waals surface area contributed by atoms with E-state index in [1.165, 1.54) is 0 Å². The van der Waals surface area contributed by atoms with E-state index in [1.807, 2.05) is 42.5 Å². The highest BCUT2D eigenvalue weighted by Crippen LogP contribution is 2.34. The Kier molecular flexibility index (Phi) is 6.53. The van der Waals surface area contributed by atoms with E-state index < -0.39 is 0 Å². The molecule has 7 heteroatoms. The Hall–Kier alpha value is -3.71. The largest absolute Gasteiger partial charge is 0.496 e. The molecule has 5 rings (SSSR count). The van der Waals surface area contributed by atoms with Gasteiger partial charge in [-0.1, -0.05) is 36.4 Å². The van der Waals surface area contributed by atoms with Crippen molar-refractivity contribution in [3.05, 3.63) is 83.4 Å². The van der Waals surface area contributed by atoms with Crippen LogP contribution in [0.4, 0.5) is 0 Å². The van der Waals surface area contributed by atoms with Gasteiger partial charge in [-0.05, 0) is 30.3 Å². The van der Waals surface area contributed by atoms with Gasteiger partial charge in [0, 0.05) is 42.9 Å². The van der Waals surface area contributed by atoms with Crippen molar-refractivity contribution < 1.29 is 23.7 Å². The molecular formula is C27H28N2O5. The number of benzene rings is 3. The van der Waals surface area contributed by atoms with Crippen LogP contribution >= 0.6 is 0 Å². The van der Waals surface area contributed by atoms with E-state index in [0.717, 1.165) is 29.2 Å². The van der Waals surface area contributed by atoms with Gasteiger partial charge in [-0.3, -0.25) is 9.69 Å². The fourth-order valence-electron chi connectivity index (χ4n) is 4.36. The quantitative estimate of drug-likeness (QED) is 0.603. The van der Waals surface area contributed by atoms with Crippen molar-refractivity contribution in [3.63, 3.8) is 0 Å². The Morgan fingerprint density at radius 3 is 2.68 bits per heavy atom. The second-order valence-corrected chi connectivity index (χ2v) is 8.31. The Morgan fingerprint density at radius 1 is 1.00 bits per heavy atom. The third-order valence-corrected chi connectivity index (χ3v) is 6.06. The molecule has 0 fully saturated rings. The standard InChI is InChI=1S/C27H28N2O5/c1-31-23-9-5-3-7-21(23)26-18-29(17-20-6-2-4-8-22(20)34-26)13-12-28-27(30)19-10-11-24-25(16-19)33-15-14-32-24/h2-11,16,26H,12-15,17-18H2,1H3,(H,28,30). The topological polar surface area (TPSA) is 69.3 Å². The number of ether oxygens (including phenoxy) is 4. The van der Waals surface area contributed by atoms with Gasteiger partial charge in [0.05, 0.1) is 7.11 Å². The number of rotatable bonds is 6. The third kappa shape index (κ3) is 4.79. The summed E-state index contributed by atoms with van der Waals surface area (Å²) in [6, 6.07) is 21.3. The Morgan fingerprint density at radius 2 is 1.79 bits per heavy atom. The summed E-state index contributed by atoms with van der Waals surface area (Å²) in [5.41, 5.74) is 2.69. The number of methoxy groups -OCH3 is 1. The zero-order chi connectivity index (χ0) is 23.3. The van der Waals surface area contributed by atoms with Crippen LogP contribution in [-0.4, -0.2) is 50.8 Å². The number of nitrogens with zero attached hydrogens (tertiary/aromatic N) is 1. The minimum Gasteiger partial charge on any atom is -0.496 e. The van der Waals surface area contributed by atoms with E-state index in [0.29, 0.717) is 49.9 Å². The van der Waals surface area contributed by atoms with Crippen LogP contribution in [0.15, 0.2) is 66.7 Å². The van der Waals surface area contributed by atoms with Gasteiger partial charge in [0.1, 0.15) is 30.8 Å². The summed E-state index contributed by atoms with van der Waals surface area (Å²) in [4.78, 5) is 15.0. The summed E-state index contributed by atoms with van der Waals surface area (Å²) < 4.78 is 23.2. The van der Waals surface area contributed by atoms with Gasteiger partial charge in [0.15, 0.2) is 11.5 Å². The summed E-state index contributed by atoms with van der Waals surface area (Å²) in [5, 5.41) is 3.03. The number of nitrogens with one attached hydrogen (secondary N) is 1. The molecule has 1 atom stereocenters. The van der Waals surface area contributed by atoms with Crippen molar-refractivity contribution in [2.24, 2.45) is 0 Å². The fraction of sp³-hybridized carbons (Fsp3) is 0.296. The first-order chi connectivity index (χ1) is 16.7. The van der Waals surface area contributed by atoms with Crippen LogP contribution in [0.25, 0.3) is 0 Å². The lowest BCUT2D eigenvalue weighted by Gasteiger charge is -2.25. The number of hydrogen-bond acceptors (Lipinski definition) is 6. The van der Waals surface area contributed by atoms with E-state index in [2.05, 4.69) is 16.3 Å². The third-order valence-electron chi connectivity index (χ3n) is 6.06. The number of hydrogen-bond donors (Lipinski definition) is 1. The molecule has 176 valence electrons. The molecule has 7 nitrogen and oxygen atoms in total. The lowest BCUT2D eigenvalue weighted by molar-refractivity contribution is 0.0941. The average Bonchev–Trinajstić information content (AvgIpc) is 3.07. The SMILES string of the molecule is COc1ccccc1C1CN(CCNC(=O)c2ccc3c(c2)OCCO3)Cc2ccccc2O1.